The van der Waals surface area contributed by atoms with Crippen LogP contribution in [0, 0.1) is 0 Å². The van der Waals surface area contributed by atoms with Crippen molar-refractivity contribution in [1.82, 2.24) is 9.80 Å². The predicted octanol–water partition coefficient (Wildman–Crippen LogP) is 1.80. The Morgan fingerprint density at radius 2 is 1.88 bits per heavy atom. The first-order chi connectivity index (χ1) is 12.2. The lowest BCUT2D eigenvalue weighted by molar-refractivity contribution is -0.0481. The molecule has 1 unspecified atom stereocenters. The Bertz CT molecular complexity index is 597. The van der Waals surface area contributed by atoms with Crippen LogP contribution >= 0.6 is 0 Å². The van der Waals surface area contributed by atoms with Crippen molar-refractivity contribution in [1.29, 1.82) is 0 Å². The van der Waals surface area contributed by atoms with Crippen molar-refractivity contribution in [3.8, 4) is 0 Å². The monoisotopic (exact) mass is 347 g/mol. The molecule has 0 bridgehead atoms. The van der Waals surface area contributed by atoms with Crippen LogP contribution < -0.4 is 5.32 Å². The Balaban J connectivity index is 1.55. The molecule has 1 aromatic rings. The van der Waals surface area contributed by atoms with Gasteiger partial charge in [-0.15, -0.1) is 0 Å². The van der Waals surface area contributed by atoms with Crippen molar-refractivity contribution in [3.63, 3.8) is 0 Å². The van der Waals surface area contributed by atoms with Gasteiger partial charge in [0, 0.05) is 38.0 Å². The molecule has 7 heteroatoms. The van der Waals surface area contributed by atoms with E-state index < -0.39 is 0 Å². The van der Waals surface area contributed by atoms with E-state index in [1.807, 2.05) is 4.90 Å². The zero-order chi connectivity index (χ0) is 17.6. The molecule has 2 fully saturated rings. The summed E-state index contributed by atoms with van der Waals surface area (Å²) >= 11 is 0. The summed E-state index contributed by atoms with van der Waals surface area (Å²) in [6, 6.07) is 6.91. The molecule has 3 amide bonds. The third-order valence-electron chi connectivity index (χ3n) is 4.55. The van der Waals surface area contributed by atoms with E-state index in [-0.39, 0.29) is 18.0 Å². The molecule has 0 saturated carbocycles. The van der Waals surface area contributed by atoms with Gasteiger partial charge in [0.2, 0.25) is 0 Å². The van der Waals surface area contributed by atoms with Crippen molar-refractivity contribution >= 4 is 17.6 Å². The summed E-state index contributed by atoms with van der Waals surface area (Å²) in [7, 11) is 1.62. The van der Waals surface area contributed by atoms with Gasteiger partial charge in [-0.1, -0.05) is 0 Å². The van der Waals surface area contributed by atoms with Gasteiger partial charge < -0.3 is 24.6 Å². The fraction of sp³-hybridized carbons (Fsp3) is 0.556. The van der Waals surface area contributed by atoms with Crippen LogP contribution in [-0.2, 0) is 9.47 Å². The van der Waals surface area contributed by atoms with Crippen LogP contribution in [0.3, 0.4) is 0 Å². The smallest absolute Gasteiger partial charge is 0.322 e. The first kappa shape index (κ1) is 17.7. The van der Waals surface area contributed by atoms with E-state index in [0.717, 1.165) is 25.9 Å². The third-order valence-corrected chi connectivity index (χ3v) is 4.55. The number of methoxy groups -OCH3 is 1. The number of nitrogens with one attached hydrogen (secondary N) is 1. The van der Waals surface area contributed by atoms with Crippen LogP contribution in [0.2, 0.25) is 0 Å². The van der Waals surface area contributed by atoms with Gasteiger partial charge in [-0.25, -0.2) is 4.79 Å². The maximum atomic E-state index is 12.4. The van der Waals surface area contributed by atoms with E-state index in [1.165, 1.54) is 0 Å². The molecule has 2 aliphatic heterocycles. The van der Waals surface area contributed by atoms with Gasteiger partial charge >= 0.3 is 6.03 Å². The molecule has 25 heavy (non-hydrogen) atoms. The summed E-state index contributed by atoms with van der Waals surface area (Å²) in [6.07, 6.45) is 2.05. The molecule has 2 heterocycles. The summed E-state index contributed by atoms with van der Waals surface area (Å²) < 4.78 is 10.6. The van der Waals surface area contributed by atoms with Gasteiger partial charge in [0.15, 0.2) is 0 Å². The molecule has 0 aromatic heterocycles. The minimum Gasteiger partial charge on any atom is -0.382 e. The van der Waals surface area contributed by atoms with Crippen LogP contribution in [0.5, 0.6) is 0 Å². The minimum absolute atomic E-state index is 0.0611. The number of nitrogens with zero attached hydrogens (tertiary/aromatic N) is 2. The van der Waals surface area contributed by atoms with Crippen molar-refractivity contribution < 1.29 is 19.1 Å². The lowest BCUT2D eigenvalue weighted by atomic mass is 10.2. The SMILES string of the molecule is COCC1CN(C(=O)Nc2ccc(C(=O)N3CCCC3)cc2)CCO1. The Labute approximate surface area is 147 Å². The molecule has 1 N–H and O–H groups in total. The average Bonchev–Trinajstić information content (AvgIpc) is 3.17. The molecular formula is C18H25N3O4. The largest absolute Gasteiger partial charge is 0.382 e. The average molecular weight is 347 g/mol. The van der Waals surface area contributed by atoms with Gasteiger partial charge in [-0.2, -0.15) is 0 Å². The highest BCUT2D eigenvalue weighted by molar-refractivity contribution is 5.95. The van der Waals surface area contributed by atoms with Crippen LogP contribution in [0.4, 0.5) is 10.5 Å². The molecule has 0 spiro atoms. The predicted molar refractivity (Wildman–Crippen MR) is 93.8 cm³/mol. The number of benzene rings is 1. The van der Waals surface area contributed by atoms with E-state index in [2.05, 4.69) is 5.32 Å². The van der Waals surface area contributed by atoms with Gasteiger partial charge in [-0.05, 0) is 37.1 Å². The highest BCUT2D eigenvalue weighted by Crippen LogP contribution is 2.16. The fourth-order valence-corrected chi connectivity index (χ4v) is 3.19. The number of hydrogen-bond donors (Lipinski definition) is 1. The summed E-state index contributed by atoms with van der Waals surface area (Å²) in [6.45, 7) is 3.69. The summed E-state index contributed by atoms with van der Waals surface area (Å²) in [5, 5.41) is 2.88. The van der Waals surface area contributed by atoms with Crippen LogP contribution in [-0.4, -0.2) is 74.3 Å². The number of ether oxygens (including phenoxy) is 2. The van der Waals surface area contributed by atoms with Crippen LogP contribution in [0.25, 0.3) is 0 Å². The van der Waals surface area contributed by atoms with Crippen molar-refractivity contribution in [2.75, 3.05) is 51.8 Å². The number of likely N-dealkylation sites (tertiary alicyclic amines) is 1. The van der Waals surface area contributed by atoms with Gasteiger partial charge in [0.05, 0.1) is 25.9 Å². The Morgan fingerprint density at radius 3 is 2.56 bits per heavy atom. The van der Waals surface area contributed by atoms with Crippen LogP contribution in [0.1, 0.15) is 23.2 Å². The topological polar surface area (TPSA) is 71.1 Å². The quantitative estimate of drug-likeness (QED) is 0.902. The highest BCUT2D eigenvalue weighted by atomic mass is 16.5. The van der Waals surface area contributed by atoms with E-state index in [0.29, 0.717) is 37.6 Å². The molecule has 0 aliphatic carbocycles. The Kier molecular flexibility index (Phi) is 5.88. The highest BCUT2D eigenvalue weighted by Gasteiger charge is 2.24. The third kappa shape index (κ3) is 4.49. The normalized spacial score (nSPS) is 20.6. The molecule has 136 valence electrons. The molecule has 7 nitrogen and oxygen atoms in total. The van der Waals surface area contributed by atoms with E-state index >= 15 is 0 Å². The molecular weight excluding hydrogens is 322 g/mol. The van der Waals surface area contributed by atoms with Crippen molar-refractivity contribution in [2.45, 2.75) is 18.9 Å². The maximum Gasteiger partial charge on any atom is 0.322 e. The molecule has 2 aliphatic rings. The second kappa shape index (κ2) is 8.31. The maximum absolute atomic E-state index is 12.4. The number of urea groups is 1. The number of hydrogen-bond acceptors (Lipinski definition) is 4. The van der Waals surface area contributed by atoms with Gasteiger partial charge in [-0.3, -0.25) is 4.79 Å². The van der Waals surface area contributed by atoms with Gasteiger partial charge in [0.1, 0.15) is 0 Å². The number of carbonyl (C=O) groups is 2. The second-order valence-corrected chi connectivity index (χ2v) is 6.40. The number of anilines is 1. The molecule has 1 aromatic carbocycles. The molecule has 2 saturated heterocycles. The van der Waals surface area contributed by atoms with Gasteiger partial charge in [0.25, 0.3) is 5.91 Å². The first-order valence-electron chi connectivity index (χ1n) is 8.73. The molecule has 0 radical (unpaired) electrons. The van der Waals surface area contributed by atoms with E-state index in [4.69, 9.17) is 9.47 Å². The minimum atomic E-state index is -0.164. The Morgan fingerprint density at radius 1 is 1.16 bits per heavy atom. The summed E-state index contributed by atoms with van der Waals surface area (Å²) in [4.78, 5) is 28.3. The van der Waals surface area contributed by atoms with E-state index in [1.54, 1.807) is 36.3 Å². The van der Waals surface area contributed by atoms with Crippen molar-refractivity contribution in [2.24, 2.45) is 0 Å². The first-order valence-corrected chi connectivity index (χ1v) is 8.73. The number of rotatable bonds is 4. The number of amides is 3. The van der Waals surface area contributed by atoms with Crippen molar-refractivity contribution in [3.05, 3.63) is 29.8 Å². The lowest BCUT2D eigenvalue weighted by Gasteiger charge is -2.32. The lowest BCUT2D eigenvalue weighted by Crippen LogP contribution is -2.48. The second-order valence-electron chi connectivity index (χ2n) is 6.40. The number of morpholine rings is 1. The number of carbonyl (C=O) groups excluding carboxylic acids is 2. The molecule has 1 atom stereocenters. The summed E-state index contributed by atoms with van der Waals surface area (Å²) in [5.74, 6) is 0.0611. The fourth-order valence-electron chi connectivity index (χ4n) is 3.19. The zero-order valence-electron chi connectivity index (χ0n) is 14.6. The van der Waals surface area contributed by atoms with E-state index in [9.17, 15) is 9.59 Å². The standard InChI is InChI=1S/C18H25N3O4/c1-24-13-16-12-21(10-11-25-16)18(23)19-15-6-4-14(5-7-15)17(22)20-8-2-3-9-20/h4-7,16H,2-3,8-13H2,1H3,(H,19,23). The van der Waals surface area contributed by atoms with Crippen LogP contribution in [0.15, 0.2) is 24.3 Å². The Hall–Kier alpha value is -2.12. The summed E-state index contributed by atoms with van der Waals surface area (Å²) in [5.41, 5.74) is 1.34. The molecule has 3 rings (SSSR count). The zero-order valence-corrected chi connectivity index (χ0v) is 14.6.